The number of aryl methyl sites for hydroxylation is 1. The van der Waals surface area contributed by atoms with Crippen molar-refractivity contribution in [2.24, 2.45) is 5.10 Å². The maximum Gasteiger partial charge on any atom is 0.272 e. The largest absolute Gasteiger partial charge is 0.494 e. The fraction of sp³-hybridized carbons (Fsp3) is 0.0526. The number of aromatic nitrogens is 2. The molecule has 142 valence electrons. The SMILES string of the molecule is Cc1ccc(-n2c(O)c(C=NNC(=O)c3ccccc3Cl)c(=O)[nH]c2=S)cc1. The predicted octanol–water partition coefficient (Wildman–Crippen LogP) is 3.33. The Labute approximate surface area is 169 Å². The van der Waals surface area contributed by atoms with Crippen molar-refractivity contribution < 1.29 is 9.90 Å². The molecule has 1 amide bonds. The molecule has 0 unspecified atom stereocenters. The van der Waals surface area contributed by atoms with E-state index in [4.69, 9.17) is 23.8 Å². The van der Waals surface area contributed by atoms with Gasteiger partial charge in [0.25, 0.3) is 11.5 Å². The number of carbonyl (C=O) groups is 1. The zero-order valence-electron chi connectivity index (χ0n) is 14.6. The minimum Gasteiger partial charge on any atom is -0.494 e. The molecule has 0 fully saturated rings. The maximum atomic E-state index is 12.2. The van der Waals surface area contributed by atoms with E-state index in [-0.39, 0.29) is 20.9 Å². The molecule has 7 nitrogen and oxygen atoms in total. The Kier molecular flexibility index (Phi) is 5.72. The summed E-state index contributed by atoms with van der Waals surface area (Å²) in [5.74, 6) is -0.947. The highest BCUT2D eigenvalue weighted by atomic mass is 35.5. The zero-order valence-corrected chi connectivity index (χ0v) is 16.2. The van der Waals surface area contributed by atoms with Gasteiger partial charge in [-0.2, -0.15) is 5.10 Å². The molecule has 9 heteroatoms. The first-order valence-electron chi connectivity index (χ1n) is 8.11. The third kappa shape index (κ3) is 4.03. The van der Waals surface area contributed by atoms with E-state index in [0.717, 1.165) is 11.8 Å². The monoisotopic (exact) mass is 414 g/mol. The smallest absolute Gasteiger partial charge is 0.272 e. The topological polar surface area (TPSA) is 99.5 Å². The normalized spacial score (nSPS) is 10.9. The lowest BCUT2D eigenvalue weighted by Crippen LogP contribution is -2.21. The Morgan fingerprint density at radius 1 is 1.25 bits per heavy atom. The van der Waals surface area contributed by atoms with Crippen molar-refractivity contribution in [1.82, 2.24) is 15.0 Å². The van der Waals surface area contributed by atoms with E-state index in [1.807, 2.05) is 19.1 Å². The highest BCUT2D eigenvalue weighted by Gasteiger charge is 2.13. The average Bonchev–Trinajstić information content (AvgIpc) is 2.66. The highest BCUT2D eigenvalue weighted by molar-refractivity contribution is 7.71. The number of benzene rings is 2. The third-order valence-electron chi connectivity index (χ3n) is 3.89. The van der Waals surface area contributed by atoms with Gasteiger partial charge in [-0.05, 0) is 43.4 Å². The molecule has 1 aromatic heterocycles. The average molecular weight is 415 g/mol. The van der Waals surface area contributed by atoms with Crippen molar-refractivity contribution in [3.05, 3.63) is 85.4 Å². The van der Waals surface area contributed by atoms with Gasteiger partial charge in [-0.1, -0.05) is 41.4 Å². The summed E-state index contributed by atoms with van der Waals surface area (Å²) in [5, 5.41) is 14.6. The van der Waals surface area contributed by atoms with Crippen LogP contribution in [0.1, 0.15) is 21.5 Å². The number of nitrogens with one attached hydrogen (secondary N) is 2. The molecule has 0 saturated heterocycles. The standard InChI is InChI=1S/C19H15ClN4O3S/c1-11-6-8-12(9-7-11)24-18(27)14(16(25)22-19(24)28)10-21-23-17(26)13-4-2-3-5-15(13)20/h2-10,27H,1H3,(H,23,26)(H,22,25,28). The lowest BCUT2D eigenvalue weighted by Gasteiger charge is -2.11. The van der Waals surface area contributed by atoms with Crippen LogP contribution in [0.5, 0.6) is 5.88 Å². The summed E-state index contributed by atoms with van der Waals surface area (Å²) in [6.45, 7) is 1.93. The quantitative estimate of drug-likeness (QED) is 0.346. The van der Waals surface area contributed by atoms with Gasteiger partial charge in [0.15, 0.2) is 4.77 Å². The number of amides is 1. The number of carbonyl (C=O) groups excluding carboxylic acids is 1. The van der Waals surface area contributed by atoms with Crippen LogP contribution in [0, 0.1) is 11.7 Å². The number of rotatable bonds is 4. The summed E-state index contributed by atoms with van der Waals surface area (Å²) in [6.07, 6.45) is 1.04. The van der Waals surface area contributed by atoms with Crippen LogP contribution < -0.4 is 11.0 Å². The Hall–Kier alpha value is -3.23. The Morgan fingerprint density at radius 2 is 1.93 bits per heavy atom. The van der Waals surface area contributed by atoms with E-state index in [2.05, 4.69) is 15.5 Å². The second-order valence-electron chi connectivity index (χ2n) is 5.85. The van der Waals surface area contributed by atoms with Crippen LogP contribution in [0.4, 0.5) is 0 Å². The molecule has 1 heterocycles. The first-order valence-corrected chi connectivity index (χ1v) is 8.90. The van der Waals surface area contributed by atoms with Gasteiger partial charge in [-0.25, -0.2) is 5.43 Å². The number of halogens is 1. The summed E-state index contributed by atoms with van der Waals surface area (Å²) in [5.41, 5.74) is 3.31. The number of aromatic amines is 1. The molecule has 0 saturated carbocycles. The van der Waals surface area contributed by atoms with Gasteiger partial charge in [0, 0.05) is 0 Å². The van der Waals surface area contributed by atoms with Gasteiger partial charge in [-0.3, -0.25) is 19.1 Å². The number of hydrogen-bond acceptors (Lipinski definition) is 5. The van der Waals surface area contributed by atoms with Gasteiger partial charge < -0.3 is 5.11 Å². The van der Waals surface area contributed by atoms with Crippen LogP contribution in [-0.4, -0.2) is 26.8 Å². The van der Waals surface area contributed by atoms with Crippen LogP contribution >= 0.6 is 23.8 Å². The second-order valence-corrected chi connectivity index (χ2v) is 6.64. The molecule has 0 radical (unpaired) electrons. The lowest BCUT2D eigenvalue weighted by atomic mass is 10.2. The van der Waals surface area contributed by atoms with E-state index in [0.29, 0.717) is 5.69 Å². The lowest BCUT2D eigenvalue weighted by molar-refractivity contribution is 0.0955. The van der Waals surface area contributed by atoms with Crippen LogP contribution in [0.25, 0.3) is 5.69 Å². The minimum atomic E-state index is -0.637. The number of hydrazone groups is 1. The predicted molar refractivity (Wildman–Crippen MR) is 110 cm³/mol. The van der Waals surface area contributed by atoms with E-state index >= 15 is 0 Å². The van der Waals surface area contributed by atoms with Crippen LogP contribution in [-0.2, 0) is 0 Å². The molecule has 0 atom stereocenters. The van der Waals surface area contributed by atoms with Crippen LogP contribution in [0.2, 0.25) is 5.02 Å². The van der Waals surface area contributed by atoms with Crippen LogP contribution in [0.3, 0.4) is 0 Å². The number of H-pyrrole nitrogens is 1. The number of nitrogens with zero attached hydrogens (tertiary/aromatic N) is 2. The van der Waals surface area contributed by atoms with Gasteiger partial charge in [0.05, 0.1) is 22.5 Å². The fourth-order valence-corrected chi connectivity index (χ4v) is 2.96. The molecule has 0 bridgehead atoms. The van der Waals surface area contributed by atoms with Crippen molar-refractivity contribution in [1.29, 1.82) is 0 Å². The van der Waals surface area contributed by atoms with Gasteiger partial charge in [0.1, 0.15) is 5.56 Å². The van der Waals surface area contributed by atoms with Crippen molar-refractivity contribution >= 4 is 35.9 Å². The number of hydrogen-bond donors (Lipinski definition) is 3. The first kappa shape index (κ1) is 19.5. The third-order valence-corrected chi connectivity index (χ3v) is 4.51. The fourth-order valence-electron chi connectivity index (χ4n) is 2.45. The molecule has 3 N–H and O–H groups in total. The van der Waals surface area contributed by atoms with Gasteiger partial charge in [-0.15, -0.1) is 0 Å². The molecule has 3 aromatic rings. The van der Waals surface area contributed by atoms with Crippen molar-refractivity contribution in [2.45, 2.75) is 6.92 Å². The molecule has 3 rings (SSSR count). The molecular weight excluding hydrogens is 400 g/mol. The van der Waals surface area contributed by atoms with Crippen molar-refractivity contribution in [2.75, 3.05) is 0 Å². The summed E-state index contributed by atoms with van der Waals surface area (Å²) >= 11 is 11.1. The van der Waals surface area contributed by atoms with Crippen LogP contribution in [0.15, 0.2) is 58.4 Å². The zero-order chi connectivity index (χ0) is 20.3. The molecule has 0 spiro atoms. The van der Waals surface area contributed by atoms with E-state index in [9.17, 15) is 14.7 Å². The van der Waals surface area contributed by atoms with Gasteiger partial charge in [0.2, 0.25) is 5.88 Å². The van der Waals surface area contributed by atoms with E-state index < -0.39 is 17.3 Å². The Morgan fingerprint density at radius 3 is 2.61 bits per heavy atom. The van der Waals surface area contributed by atoms with E-state index in [1.165, 1.54) is 10.6 Å². The highest BCUT2D eigenvalue weighted by Crippen LogP contribution is 2.19. The second kappa shape index (κ2) is 8.20. The summed E-state index contributed by atoms with van der Waals surface area (Å²) < 4.78 is 1.33. The maximum absolute atomic E-state index is 12.2. The summed E-state index contributed by atoms with van der Waals surface area (Å²) in [6, 6.07) is 13.7. The first-order chi connectivity index (χ1) is 13.4. The molecule has 28 heavy (non-hydrogen) atoms. The summed E-state index contributed by atoms with van der Waals surface area (Å²) in [7, 11) is 0. The molecule has 2 aromatic carbocycles. The summed E-state index contributed by atoms with van der Waals surface area (Å²) in [4.78, 5) is 26.8. The minimum absolute atomic E-state index is 0.0311. The molecule has 0 aliphatic rings. The Balaban J connectivity index is 1.93. The number of aromatic hydroxyl groups is 1. The molecular formula is C19H15ClN4O3S. The van der Waals surface area contributed by atoms with Crippen molar-refractivity contribution in [3.63, 3.8) is 0 Å². The molecule has 0 aliphatic heterocycles. The van der Waals surface area contributed by atoms with Crippen molar-refractivity contribution in [3.8, 4) is 11.6 Å². The molecule has 0 aliphatic carbocycles. The Bertz CT molecular complexity index is 1180. The van der Waals surface area contributed by atoms with Gasteiger partial charge >= 0.3 is 0 Å². The van der Waals surface area contributed by atoms with E-state index in [1.54, 1.807) is 30.3 Å².